The molecule has 2 aliphatic rings. The van der Waals surface area contributed by atoms with E-state index < -0.39 is 0 Å². The van der Waals surface area contributed by atoms with E-state index in [0.29, 0.717) is 13.0 Å². The van der Waals surface area contributed by atoms with E-state index in [2.05, 4.69) is 33.5 Å². The number of nitrogens with zero attached hydrogens (tertiary/aromatic N) is 3. The molecule has 160 valence electrons. The molecule has 0 atom stereocenters. The lowest BCUT2D eigenvalue weighted by Gasteiger charge is -2.26. The Morgan fingerprint density at radius 3 is 2.79 bits per heavy atom. The lowest BCUT2D eigenvalue weighted by atomic mass is 10.2. The van der Waals surface area contributed by atoms with E-state index in [9.17, 15) is 4.79 Å². The van der Waals surface area contributed by atoms with Gasteiger partial charge in [-0.25, -0.2) is 0 Å². The Morgan fingerprint density at radius 2 is 1.97 bits per heavy atom. The smallest absolute Gasteiger partial charge is 0.227 e. The first-order valence-corrected chi connectivity index (χ1v) is 11.0. The molecule has 0 aliphatic carbocycles. The van der Waals surface area contributed by atoms with Crippen LogP contribution in [0.2, 0.25) is 0 Å². The van der Waals surface area contributed by atoms with Crippen molar-refractivity contribution >= 4 is 17.6 Å². The molecule has 1 fully saturated rings. The number of morpholine rings is 1. The average molecular weight is 402 g/mol. The summed E-state index contributed by atoms with van der Waals surface area (Å²) in [5.74, 6) is 1.04. The van der Waals surface area contributed by atoms with Gasteiger partial charge >= 0.3 is 0 Å². The highest BCUT2D eigenvalue weighted by Crippen LogP contribution is 2.27. The Bertz CT molecular complexity index is 673. The summed E-state index contributed by atoms with van der Waals surface area (Å²) in [5.41, 5.74) is 2.35. The fourth-order valence-corrected chi connectivity index (χ4v) is 3.83. The van der Waals surface area contributed by atoms with Gasteiger partial charge in [-0.3, -0.25) is 14.7 Å². The third-order valence-corrected chi connectivity index (χ3v) is 5.40. The monoisotopic (exact) mass is 401 g/mol. The number of carbonyl (C=O) groups excluding carboxylic acids is 1. The Morgan fingerprint density at radius 1 is 1.14 bits per heavy atom. The number of carbonyl (C=O) groups is 1. The molecule has 2 N–H and O–H groups in total. The molecule has 0 aromatic heterocycles. The maximum absolute atomic E-state index is 12.6. The Hall–Kier alpha value is -2.12. The number of aliphatic imine (C=N–C) groups is 1. The molecule has 0 saturated carbocycles. The highest BCUT2D eigenvalue weighted by molar-refractivity contribution is 5.95. The van der Waals surface area contributed by atoms with Crippen LogP contribution < -0.4 is 15.5 Å². The summed E-state index contributed by atoms with van der Waals surface area (Å²) in [7, 11) is 0. The van der Waals surface area contributed by atoms with E-state index in [1.54, 1.807) is 0 Å². The second kappa shape index (κ2) is 11.8. The molecule has 0 bridgehead atoms. The molecule has 7 nitrogen and oxygen atoms in total. The van der Waals surface area contributed by atoms with Gasteiger partial charge < -0.3 is 20.3 Å². The van der Waals surface area contributed by atoms with Crippen molar-refractivity contribution in [1.29, 1.82) is 0 Å². The summed E-state index contributed by atoms with van der Waals surface area (Å²) < 4.78 is 5.38. The van der Waals surface area contributed by atoms with Crippen LogP contribution in [-0.2, 0) is 16.0 Å². The zero-order valence-electron chi connectivity index (χ0n) is 17.7. The van der Waals surface area contributed by atoms with Crippen LogP contribution >= 0.6 is 0 Å². The summed E-state index contributed by atoms with van der Waals surface area (Å²) in [4.78, 5) is 21.6. The number of anilines is 1. The Labute approximate surface area is 174 Å². The van der Waals surface area contributed by atoms with Crippen LogP contribution in [0.4, 0.5) is 5.69 Å². The summed E-state index contributed by atoms with van der Waals surface area (Å²) in [6.07, 6.45) is 3.34. The fraction of sp³-hybridized carbons (Fsp3) is 0.636. The minimum absolute atomic E-state index is 0.202. The van der Waals surface area contributed by atoms with E-state index >= 15 is 0 Å². The number of fused-ring (bicyclic) bond motifs is 1. The molecule has 7 heteroatoms. The van der Waals surface area contributed by atoms with Crippen LogP contribution in [0.15, 0.2) is 29.3 Å². The van der Waals surface area contributed by atoms with Gasteiger partial charge in [0, 0.05) is 51.4 Å². The number of rotatable bonds is 9. The molecule has 1 aromatic rings. The van der Waals surface area contributed by atoms with Gasteiger partial charge in [0.05, 0.1) is 13.2 Å². The molecule has 29 heavy (non-hydrogen) atoms. The minimum atomic E-state index is 0.202. The van der Waals surface area contributed by atoms with Crippen molar-refractivity contribution in [3.8, 4) is 0 Å². The van der Waals surface area contributed by atoms with Crippen LogP contribution in [0.1, 0.15) is 31.7 Å². The predicted octanol–water partition coefficient (Wildman–Crippen LogP) is 1.63. The Balaban J connectivity index is 1.35. The van der Waals surface area contributed by atoms with Crippen molar-refractivity contribution in [2.75, 3.05) is 63.9 Å². The zero-order chi connectivity index (χ0) is 20.3. The van der Waals surface area contributed by atoms with Gasteiger partial charge in [-0.15, -0.1) is 0 Å². The summed E-state index contributed by atoms with van der Waals surface area (Å²) in [6.45, 7) is 10.1. The molecule has 1 aromatic carbocycles. The van der Waals surface area contributed by atoms with Gasteiger partial charge in [0.25, 0.3) is 0 Å². The van der Waals surface area contributed by atoms with Crippen molar-refractivity contribution in [1.82, 2.24) is 15.5 Å². The molecular weight excluding hydrogens is 366 g/mol. The lowest BCUT2D eigenvalue weighted by Crippen LogP contribution is -2.40. The van der Waals surface area contributed by atoms with Gasteiger partial charge in [-0.1, -0.05) is 18.2 Å². The van der Waals surface area contributed by atoms with Crippen molar-refractivity contribution in [3.63, 3.8) is 0 Å². The number of amides is 1. The van der Waals surface area contributed by atoms with Crippen LogP contribution in [-0.4, -0.2) is 75.8 Å². The first kappa shape index (κ1) is 21.6. The number of hydrogen-bond donors (Lipinski definition) is 2. The van der Waals surface area contributed by atoms with E-state index in [0.717, 1.165) is 83.4 Å². The van der Waals surface area contributed by atoms with Crippen molar-refractivity contribution < 1.29 is 9.53 Å². The second-order valence-corrected chi connectivity index (χ2v) is 7.52. The van der Waals surface area contributed by atoms with Crippen LogP contribution in [0, 0.1) is 0 Å². The van der Waals surface area contributed by atoms with Crippen LogP contribution in [0.25, 0.3) is 0 Å². The van der Waals surface area contributed by atoms with E-state index in [1.807, 2.05) is 23.1 Å². The molecule has 0 radical (unpaired) electrons. The molecule has 2 aliphatic heterocycles. The maximum Gasteiger partial charge on any atom is 0.227 e. The van der Waals surface area contributed by atoms with E-state index in [4.69, 9.17) is 4.74 Å². The number of ether oxygens (including phenoxy) is 1. The summed E-state index contributed by atoms with van der Waals surface area (Å²) in [6, 6.07) is 8.20. The SMILES string of the molecule is CCNC(=NCCCC(=O)N1CCc2ccccc21)NCCCN1CCOCC1. The minimum Gasteiger partial charge on any atom is -0.379 e. The average Bonchev–Trinajstić information content (AvgIpc) is 3.19. The summed E-state index contributed by atoms with van der Waals surface area (Å²) in [5, 5.41) is 6.69. The zero-order valence-corrected chi connectivity index (χ0v) is 17.7. The van der Waals surface area contributed by atoms with Crippen LogP contribution in [0.5, 0.6) is 0 Å². The molecule has 3 rings (SSSR count). The predicted molar refractivity (Wildman–Crippen MR) is 118 cm³/mol. The molecular formula is C22H35N5O2. The quantitative estimate of drug-likeness (QED) is 0.374. The number of guanidine groups is 1. The maximum atomic E-state index is 12.6. The number of benzene rings is 1. The first-order valence-electron chi connectivity index (χ1n) is 11.0. The lowest BCUT2D eigenvalue weighted by molar-refractivity contribution is -0.118. The van der Waals surface area contributed by atoms with Gasteiger partial charge in [-0.05, 0) is 44.4 Å². The molecule has 0 unspecified atom stereocenters. The van der Waals surface area contributed by atoms with Gasteiger partial charge in [0.2, 0.25) is 5.91 Å². The first-order chi connectivity index (χ1) is 14.3. The number of para-hydroxylation sites is 1. The third-order valence-electron chi connectivity index (χ3n) is 5.40. The largest absolute Gasteiger partial charge is 0.379 e. The fourth-order valence-electron chi connectivity index (χ4n) is 3.83. The number of nitrogens with one attached hydrogen (secondary N) is 2. The van der Waals surface area contributed by atoms with Crippen molar-refractivity contribution in [3.05, 3.63) is 29.8 Å². The topological polar surface area (TPSA) is 69.2 Å². The normalized spacial score (nSPS) is 17.3. The van der Waals surface area contributed by atoms with Gasteiger partial charge in [0.1, 0.15) is 0 Å². The highest BCUT2D eigenvalue weighted by atomic mass is 16.5. The van der Waals surface area contributed by atoms with E-state index in [-0.39, 0.29) is 5.91 Å². The third kappa shape index (κ3) is 6.72. The van der Waals surface area contributed by atoms with Crippen LogP contribution in [0.3, 0.4) is 0 Å². The Kier molecular flexibility index (Phi) is 8.77. The molecule has 0 spiro atoms. The van der Waals surface area contributed by atoms with Gasteiger partial charge in [0.15, 0.2) is 5.96 Å². The highest BCUT2D eigenvalue weighted by Gasteiger charge is 2.23. The van der Waals surface area contributed by atoms with Crippen molar-refractivity contribution in [2.45, 2.75) is 32.6 Å². The van der Waals surface area contributed by atoms with Crippen molar-refractivity contribution in [2.24, 2.45) is 4.99 Å². The second-order valence-electron chi connectivity index (χ2n) is 7.52. The molecule has 2 heterocycles. The number of hydrogen-bond acceptors (Lipinski definition) is 4. The standard InChI is InChI=1S/C22H35N5O2/c1-2-23-22(25-12-6-13-26-15-17-29-18-16-26)24-11-5-9-21(28)27-14-10-19-7-3-4-8-20(19)27/h3-4,7-8H,2,5-6,9-18H2,1H3,(H2,23,24,25). The molecule has 1 saturated heterocycles. The molecule has 1 amide bonds. The van der Waals surface area contributed by atoms with E-state index in [1.165, 1.54) is 5.56 Å². The summed E-state index contributed by atoms with van der Waals surface area (Å²) >= 11 is 0. The van der Waals surface area contributed by atoms with Gasteiger partial charge in [-0.2, -0.15) is 0 Å².